The summed E-state index contributed by atoms with van der Waals surface area (Å²) in [4.78, 5) is 2.73. The zero-order chi connectivity index (χ0) is 14.8. The maximum Gasteiger partial charge on any atom is 0.124 e. The Morgan fingerprint density at radius 3 is 3.00 bits per heavy atom. The molecule has 0 N–H and O–H groups in total. The molecule has 0 aliphatic carbocycles. The van der Waals surface area contributed by atoms with E-state index < -0.39 is 0 Å². The number of thiophene rings is 1. The zero-order valence-corrected chi connectivity index (χ0v) is 15.7. The highest BCUT2D eigenvalue weighted by Crippen LogP contribution is 2.42. The SMILES string of the molecule is CCOc1ccc(Br)cc1C(Cl)c1cc2c(s1)CCSC2. The predicted molar refractivity (Wildman–Crippen MR) is 97.2 cm³/mol. The first-order chi connectivity index (χ1) is 10.2. The molecule has 112 valence electrons. The zero-order valence-electron chi connectivity index (χ0n) is 11.7. The summed E-state index contributed by atoms with van der Waals surface area (Å²) < 4.78 is 6.76. The van der Waals surface area contributed by atoms with Crippen LogP contribution in [-0.2, 0) is 12.2 Å². The summed E-state index contributed by atoms with van der Waals surface area (Å²) in [7, 11) is 0. The fraction of sp³-hybridized carbons (Fsp3) is 0.375. The van der Waals surface area contributed by atoms with E-state index in [0.717, 1.165) is 21.5 Å². The normalized spacial score (nSPS) is 15.6. The summed E-state index contributed by atoms with van der Waals surface area (Å²) in [5.41, 5.74) is 2.50. The van der Waals surface area contributed by atoms with Gasteiger partial charge >= 0.3 is 0 Å². The van der Waals surface area contributed by atoms with Crippen LogP contribution in [-0.4, -0.2) is 12.4 Å². The number of hydrogen-bond donors (Lipinski definition) is 0. The predicted octanol–water partition coefficient (Wildman–Crippen LogP) is 6.03. The molecule has 2 heterocycles. The Morgan fingerprint density at radius 2 is 2.24 bits per heavy atom. The maximum atomic E-state index is 6.77. The molecule has 0 spiro atoms. The molecule has 1 unspecified atom stereocenters. The van der Waals surface area contributed by atoms with Gasteiger partial charge in [0.2, 0.25) is 0 Å². The molecular formula is C16H16BrClOS2. The van der Waals surface area contributed by atoms with Crippen LogP contribution in [0.4, 0.5) is 0 Å². The molecule has 1 aliphatic heterocycles. The summed E-state index contributed by atoms with van der Waals surface area (Å²) in [6.07, 6.45) is 1.17. The number of halogens is 2. The number of rotatable bonds is 4. The van der Waals surface area contributed by atoms with Crippen LogP contribution in [0.15, 0.2) is 28.7 Å². The smallest absolute Gasteiger partial charge is 0.124 e. The van der Waals surface area contributed by atoms with Crippen molar-refractivity contribution in [1.82, 2.24) is 0 Å². The van der Waals surface area contributed by atoms with Crippen molar-refractivity contribution in [3.63, 3.8) is 0 Å². The van der Waals surface area contributed by atoms with E-state index in [4.69, 9.17) is 16.3 Å². The van der Waals surface area contributed by atoms with E-state index in [1.807, 2.05) is 42.2 Å². The van der Waals surface area contributed by atoms with E-state index in [1.165, 1.54) is 27.5 Å². The molecule has 1 nitrogen and oxygen atoms in total. The van der Waals surface area contributed by atoms with E-state index >= 15 is 0 Å². The third-order valence-corrected chi connectivity index (χ3v) is 6.84. The van der Waals surface area contributed by atoms with Gasteiger partial charge in [0.15, 0.2) is 0 Å². The molecule has 5 heteroatoms. The maximum absolute atomic E-state index is 6.77. The molecule has 21 heavy (non-hydrogen) atoms. The van der Waals surface area contributed by atoms with Gasteiger partial charge in [-0.25, -0.2) is 0 Å². The Morgan fingerprint density at radius 1 is 1.38 bits per heavy atom. The highest BCUT2D eigenvalue weighted by atomic mass is 79.9. The molecule has 2 aromatic rings. The van der Waals surface area contributed by atoms with Gasteiger partial charge < -0.3 is 4.74 Å². The van der Waals surface area contributed by atoms with Crippen molar-refractivity contribution in [2.45, 2.75) is 24.5 Å². The lowest BCUT2D eigenvalue weighted by molar-refractivity contribution is 0.337. The number of thioether (sulfide) groups is 1. The van der Waals surface area contributed by atoms with Crippen molar-refractivity contribution in [1.29, 1.82) is 0 Å². The number of alkyl halides is 1. The van der Waals surface area contributed by atoms with Gasteiger partial charge in [-0.1, -0.05) is 15.9 Å². The average molecular weight is 404 g/mol. The van der Waals surface area contributed by atoms with Crippen molar-refractivity contribution in [2.24, 2.45) is 0 Å². The van der Waals surface area contributed by atoms with Crippen molar-refractivity contribution >= 4 is 50.6 Å². The Labute approximate surface area is 147 Å². The second-order valence-electron chi connectivity index (χ2n) is 4.88. The van der Waals surface area contributed by atoms with Gasteiger partial charge in [0.05, 0.1) is 12.0 Å². The molecule has 0 radical (unpaired) electrons. The molecule has 1 aliphatic rings. The summed E-state index contributed by atoms with van der Waals surface area (Å²) in [5.74, 6) is 3.22. The van der Waals surface area contributed by atoms with Crippen LogP contribution in [0.1, 0.15) is 33.2 Å². The third-order valence-electron chi connectivity index (χ3n) is 3.44. The van der Waals surface area contributed by atoms with Crippen LogP contribution in [0, 0.1) is 0 Å². The Bertz CT molecular complexity index is 618. The number of benzene rings is 1. The highest BCUT2D eigenvalue weighted by molar-refractivity contribution is 9.10. The van der Waals surface area contributed by atoms with Crippen molar-refractivity contribution in [3.05, 3.63) is 49.6 Å². The van der Waals surface area contributed by atoms with Gasteiger partial charge in [0, 0.05) is 25.5 Å². The lowest BCUT2D eigenvalue weighted by atomic mass is 10.1. The van der Waals surface area contributed by atoms with Gasteiger partial charge in [0.1, 0.15) is 5.75 Å². The molecule has 0 saturated heterocycles. The first-order valence-corrected chi connectivity index (χ1v) is 10.1. The third kappa shape index (κ3) is 3.44. The minimum Gasteiger partial charge on any atom is -0.494 e. The Kier molecular flexibility index (Phi) is 5.20. The summed E-state index contributed by atoms with van der Waals surface area (Å²) >= 11 is 14.2. The number of ether oxygens (including phenoxy) is 1. The van der Waals surface area contributed by atoms with Crippen LogP contribution in [0.5, 0.6) is 5.75 Å². The standard InChI is InChI=1S/C16H16BrClOS2/c1-2-19-13-4-3-11(17)8-12(13)16(18)15-7-10-9-20-6-5-14(10)21-15/h3-4,7-8,16H,2,5-6,9H2,1H3. The molecule has 1 aromatic heterocycles. The van der Waals surface area contributed by atoms with Gasteiger partial charge in [-0.2, -0.15) is 11.8 Å². The first-order valence-electron chi connectivity index (χ1n) is 6.94. The van der Waals surface area contributed by atoms with E-state index in [-0.39, 0.29) is 5.38 Å². The molecule has 0 amide bonds. The monoisotopic (exact) mass is 402 g/mol. The van der Waals surface area contributed by atoms with Crippen LogP contribution in [0.2, 0.25) is 0 Å². The van der Waals surface area contributed by atoms with Crippen molar-refractivity contribution < 1.29 is 4.74 Å². The first kappa shape index (κ1) is 15.7. The molecule has 0 saturated carbocycles. The van der Waals surface area contributed by atoms with Gasteiger partial charge in [-0.05, 0) is 48.9 Å². The van der Waals surface area contributed by atoms with Crippen LogP contribution < -0.4 is 4.74 Å². The average Bonchev–Trinajstić information content (AvgIpc) is 2.92. The van der Waals surface area contributed by atoms with E-state index in [1.54, 1.807) is 0 Å². The van der Waals surface area contributed by atoms with E-state index in [9.17, 15) is 0 Å². The second kappa shape index (κ2) is 6.95. The van der Waals surface area contributed by atoms with Crippen molar-refractivity contribution in [3.8, 4) is 5.75 Å². The highest BCUT2D eigenvalue weighted by Gasteiger charge is 2.22. The summed E-state index contributed by atoms with van der Waals surface area (Å²) in [5, 5.41) is -0.148. The fourth-order valence-corrected chi connectivity index (χ4v) is 5.57. The molecule has 3 rings (SSSR count). The Balaban J connectivity index is 1.95. The van der Waals surface area contributed by atoms with Crippen molar-refractivity contribution in [2.75, 3.05) is 12.4 Å². The number of fused-ring (bicyclic) bond motifs is 1. The Hall–Kier alpha value is -0.160. The minimum atomic E-state index is -0.148. The summed E-state index contributed by atoms with van der Waals surface area (Å²) in [6.45, 7) is 2.64. The topological polar surface area (TPSA) is 9.23 Å². The van der Waals surface area contributed by atoms with Crippen LogP contribution in [0.3, 0.4) is 0 Å². The number of aryl methyl sites for hydroxylation is 1. The quantitative estimate of drug-likeness (QED) is 0.577. The van der Waals surface area contributed by atoms with Gasteiger partial charge in [-0.15, -0.1) is 22.9 Å². The number of hydrogen-bond acceptors (Lipinski definition) is 3. The fourth-order valence-electron chi connectivity index (χ4n) is 2.45. The molecule has 0 fully saturated rings. The van der Waals surface area contributed by atoms with Crippen LogP contribution in [0.25, 0.3) is 0 Å². The lowest BCUT2D eigenvalue weighted by Crippen LogP contribution is -1.99. The van der Waals surface area contributed by atoms with E-state index in [0.29, 0.717) is 6.61 Å². The molecular weight excluding hydrogens is 388 g/mol. The van der Waals surface area contributed by atoms with E-state index in [2.05, 4.69) is 28.1 Å². The summed E-state index contributed by atoms with van der Waals surface area (Å²) in [6, 6.07) is 8.33. The second-order valence-corrected chi connectivity index (χ2v) is 8.50. The van der Waals surface area contributed by atoms with Gasteiger partial charge in [0.25, 0.3) is 0 Å². The minimum absolute atomic E-state index is 0.148. The molecule has 1 aromatic carbocycles. The molecule has 0 bridgehead atoms. The van der Waals surface area contributed by atoms with Crippen LogP contribution >= 0.6 is 50.6 Å². The molecule has 1 atom stereocenters. The largest absolute Gasteiger partial charge is 0.494 e. The lowest BCUT2D eigenvalue weighted by Gasteiger charge is -2.14. The van der Waals surface area contributed by atoms with Gasteiger partial charge in [-0.3, -0.25) is 0 Å².